The van der Waals surface area contributed by atoms with E-state index >= 15 is 0 Å². The highest BCUT2D eigenvalue weighted by atomic mass is 32.2. The summed E-state index contributed by atoms with van der Waals surface area (Å²) in [4.78, 5) is 18.8. The van der Waals surface area contributed by atoms with Crippen molar-refractivity contribution in [3.8, 4) is 0 Å². The maximum atomic E-state index is 12.8. The van der Waals surface area contributed by atoms with Gasteiger partial charge in [-0.1, -0.05) is 18.2 Å². The number of nitrogens with one attached hydrogen (secondary N) is 1. The molecule has 150 valence electrons. The Labute approximate surface area is 170 Å². The van der Waals surface area contributed by atoms with Crippen LogP contribution in [0.5, 0.6) is 0 Å². The van der Waals surface area contributed by atoms with Gasteiger partial charge >= 0.3 is 0 Å². The second-order valence-electron chi connectivity index (χ2n) is 7.03. The zero-order valence-electron chi connectivity index (χ0n) is 15.8. The van der Waals surface area contributed by atoms with Gasteiger partial charge in [0.05, 0.1) is 11.2 Å². The Morgan fingerprint density at radius 1 is 1.00 bits per heavy atom. The van der Waals surface area contributed by atoms with E-state index in [1.54, 1.807) is 42.6 Å². The number of aromatic nitrogens is 2. The van der Waals surface area contributed by atoms with Gasteiger partial charge in [0, 0.05) is 42.8 Å². The summed E-state index contributed by atoms with van der Waals surface area (Å²) in [6.07, 6.45) is 7.26. The second kappa shape index (κ2) is 8.08. The molecule has 2 heterocycles. The summed E-state index contributed by atoms with van der Waals surface area (Å²) in [7, 11) is -3.70. The molecule has 2 aromatic carbocycles. The number of carbonyl (C=O) groups is 1. The molecule has 0 bridgehead atoms. The molecule has 8 heteroatoms. The molecule has 1 N–H and O–H groups in total. The van der Waals surface area contributed by atoms with Crippen LogP contribution in [0, 0.1) is 0 Å². The number of piperidine rings is 1. The molecule has 1 amide bonds. The molecule has 0 unspecified atom stereocenters. The highest BCUT2D eigenvalue weighted by Gasteiger charge is 2.24. The summed E-state index contributed by atoms with van der Waals surface area (Å²) < 4.78 is 29.7. The van der Waals surface area contributed by atoms with Gasteiger partial charge in [0.15, 0.2) is 0 Å². The molecule has 29 heavy (non-hydrogen) atoms. The number of hydrogen-bond donors (Lipinski definition) is 1. The van der Waals surface area contributed by atoms with E-state index in [1.165, 1.54) is 12.1 Å². The first-order valence-corrected chi connectivity index (χ1v) is 11.0. The van der Waals surface area contributed by atoms with Crippen molar-refractivity contribution in [1.82, 2.24) is 14.5 Å². The van der Waals surface area contributed by atoms with E-state index in [0.29, 0.717) is 30.4 Å². The molecule has 7 nitrogen and oxygen atoms in total. The molecule has 0 atom stereocenters. The Morgan fingerprint density at radius 3 is 2.31 bits per heavy atom. The Balaban J connectivity index is 1.40. The van der Waals surface area contributed by atoms with E-state index in [1.807, 2.05) is 23.5 Å². The first-order valence-electron chi connectivity index (χ1n) is 9.47. The van der Waals surface area contributed by atoms with Gasteiger partial charge in [0.1, 0.15) is 0 Å². The molecular formula is C21H22N4O3S. The lowest BCUT2D eigenvalue weighted by atomic mass is 10.0. The summed E-state index contributed by atoms with van der Waals surface area (Å²) in [5, 5.41) is 0. The number of hydrogen-bond acceptors (Lipinski definition) is 4. The number of rotatable bonds is 5. The molecule has 1 aliphatic heterocycles. The third kappa shape index (κ3) is 4.32. The molecule has 1 aliphatic rings. The first-order chi connectivity index (χ1) is 14.0. The number of imidazole rings is 1. The Morgan fingerprint density at radius 2 is 1.69 bits per heavy atom. The minimum absolute atomic E-state index is 0.0750. The number of amides is 1. The van der Waals surface area contributed by atoms with Crippen LogP contribution in [-0.2, 0) is 10.0 Å². The van der Waals surface area contributed by atoms with Crippen LogP contribution in [0.2, 0.25) is 0 Å². The number of carbonyl (C=O) groups excluding carboxylic acids is 1. The quantitative estimate of drug-likeness (QED) is 0.700. The van der Waals surface area contributed by atoms with Crippen LogP contribution < -0.4 is 4.72 Å². The summed E-state index contributed by atoms with van der Waals surface area (Å²) in [5.74, 6) is -0.0750. The minimum atomic E-state index is -3.70. The lowest BCUT2D eigenvalue weighted by Crippen LogP contribution is -2.38. The molecule has 1 saturated heterocycles. The monoisotopic (exact) mass is 410 g/mol. The minimum Gasteiger partial charge on any atom is -0.338 e. The molecule has 0 saturated carbocycles. The third-order valence-corrected chi connectivity index (χ3v) is 6.53. The van der Waals surface area contributed by atoms with Crippen molar-refractivity contribution in [1.29, 1.82) is 0 Å². The standard InChI is InChI=1S/C21H22N4O3S/c26-21(24-13-10-19(11-14-24)25-15-12-22-16-25)17-6-8-20(9-7-17)29(27,28)23-18-4-2-1-3-5-18/h1-9,12,15-16,19,23H,10-11,13-14H2. The Hall–Kier alpha value is -3.13. The number of sulfonamides is 1. The van der Waals surface area contributed by atoms with Crippen molar-refractivity contribution >= 4 is 21.6 Å². The Bertz CT molecular complexity index is 1060. The highest BCUT2D eigenvalue weighted by molar-refractivity contribution is 7.92. The van der Waals surface area contributed by atoms with E-state index < -0.39 is 10.0 Å². The predicted molar refractivity (Wildman–Crippen MR) is 110 cm³/mol. The average Bonchev–Trinajstić information content (AvgIpc) is 3.29. The van der Waals surface area contributed by atoms with E-state index in [-0.39, 0.29) is 10.8 Å². The van der Waals surface area contributed by atoms with Crippen molar-refractivity contribution in [2.24, 2.45) is 0 Å². The fourth-order valence-electron chi connectivity index (χ4n) is 3.53. The van der Waals surface area contributed by atoms with Gasteiger partial charge in [-0.15, -0.1) is 0 Å². The lowest BCUT2D eigenvalue weighted by molar-refractivity contribution is 0.0694. The normalized spacial score (nSPS) is 15.2. The van der Waals surface area contributed by atoms with Crippen molar-refractivity contribution in [2.45, 2.75) is 23.8 Å². The van der Waals surface area contributed by atoms with Gasteiger partial charge in [-0.05, 0) is 49.2 Å². The van der Waals surface area contributed by atoms with Crippen LogP contribution in [0.15, 0.2) is 78.2 Å². The van der Waals surface area contributed by atoms with Gasteiger partial charge in [-0.25, -0.2) is 13.4 Å². The topological polar surface area (TPSA) is 84.3 Å². The van der Waals surface area contributed by atoms with Crippen molar-refractivity contribution in [3.05, 3.63) is 78.9 Å². The smallest absolute Gasteiger partial charge is 0.261 e. The highest BCUT2D eigenvalue weighted by Crippen LogP contribution is 2.24. The van der Waals surface area contributed by atoms with E-state index in [2.05, 4.69) is 14.3 Å². The summed E-state index contributed by atoms with van der Waals surface area (Å²) in [5.41, 5.74) is 0.984. The molecule has 3 aromatic rings. The molecule has 1 aromatic heterocycles. The van der Waals surface area contributed by atoms with Crippen molar-refractivity contribution in [2.75, 3.05) is 17.8 Å². The SMILES string of the molecule is O=C(c1ccc(S(=O)(=O)Nc2ccccc2)cc1)N1CCC(n2ccnc2)CC1. The summed E-state index contributed by atoms with van der Waals surface area (Å²) >= 11 is 0. The van der Waals surface area contributed by atoms with Gasteiger partial charge in [-0.2, -0.15) is 0 Å². The average molecular weight is 410 g/mol. The largest absolute Gasteiger partial charge is 0.338 e. The van der Waals surface area contributed by atoms with E-state index in [0.717, 1.165) is 12.8 Å². The maximum absolute atomic E-state index is 12.8. The van der Waals surface area contributed by atoms with Crippen LogP contribution in [0.4, 0.5) is 5.69 Å². The zero-order chi connectivity index (χ0) is 20.3. The molecule has 0 radical (unpaired) electrons. The number of anilines is 1. The molecule has 1 fully saturated rings. The number of benzene rings is 2. The zero-order valence-corrected chi connectivity index (χ0v) is 16.6. The first kappa shape index (κ1) is 19.2. The summed E-state index contributed by atoms with van der Waals surface area (Å²) in [6.45, 7) is 1.33. The van der Waals surface area contributed by atoms with E-state index in [9.17, 15) is 13.2 Å². The van der Waals surface area contributed by atoms with Crippen LogP contribution >= 0.6 is 0 Å². The number of para-hydroxylation sites is 1. The third-order valence-electron chi connectivity index (χ3n) is 5.14. The van der Waals surface area contributed by atoms with E-state index in [4.69, 9.17) is 0 Å². The lowest BCUT2D eigenvalue weighted by Gasteiger charge is -2.32. The molecule has 0 aliphatic carbocycles. The van der Waals surface area contributed by atoms with Gasteiger partial charge in [0.25, 0.3) is 15.9 Å². The number of likely N-dealkylation sites (tertiary alicyclic amines) is 1. The van der Waals surface area contributed by atoms with Gasteiger partial charge < -0.3 is 9.47 Å². The van der Waals surface area contributed by atoms with Crippen LogP contribution in [-0.4, -0.2) is 41.9 Å². The van der Waals surface area contributed by atoms with Crippen molar-refractivity contribution < 1.29 is 13.2 Å². The summed E-state index contributed by atoms with van der Waals surface area (Å²) in [6, 6.07) is 15.1. The van der Waals surface area contributed by atoms with Gasteiger partial charge in [-0.3, -0.25) is 9.52 Å². The second-order valence-corrected chi connectivity index (χ2v) is 8.71. The Kier molecular flexibility index (Phi) is 5.35. The molecular weight excluding hydrogens is 388 g/mol. The van der Waals surface area contributed by atoms with Crippen molar-refractivity contribution in [3.63, 3.8) is 0 Å². The number of nitrogens with zero attached hydrogens (tertiary/aromatic N) is 3. The van der Waals surface area contributed by atoms with Crippen LogP contribution in [0.1, 0.15) is 29.2 Å². The predicted octanol–water partition coefficient (Wildman–Crippen LogP) is 3.16. The molecule has 4 rings (SSSR count). The fourth-order valence-corrected chi connectivity index (χ4v) is 4.59. The van der Waals surface area contributed by atoms with Crippen LogP contribution in [0.25, 0.3) is 0 Å². The van der Waals surface area contributed by atoms with Crippen LogP contribution in [0.3, 0.4) is 0 Å². The fraction of sp³-hybridized carbons (Fsp3) is 0.238. The maximum Gasteiger partial charge on any atom is 0.261 e. The molecule has 0 spiro atoms. The van der Waals surface area contributed by atoms with Gasteiger partial charge in [0.2, 0.25) is 0 Å².